The molecular weight excluding hydrogens is 322 g/mol. The van der Waals surface area contributed by atoms with Crippen molar-refractivity contribution in [3.63, 3.8) is 0 Å². The minimum Gasteiger partial charge on any atom is -0.455 e. The quantitative estimate of drug-likeness (QED) is 0.581. The van der Waals surface area contributed by atoms with E-state index in [2.05, 4.69) is 17.9 Å². The first-order valence-corrected chi connectivity index (χ1v) is 8.87. The zero-order chi connectivity index (χ0) is 18.1. The van der Waals surface area contributed by atoms with Crippen molar-refractivity contribution in [3.8, 4) is 0 Å². The standard InChI is InChI=1S/C19H29NO5/c1-14-18(24-10-6-9-22-2)16(11-15-7-4-3-5-8-15)12-23-13-17(20)19(21)25-14/h3-5,7-8,14,16-18H,6,9-13,20H2,1-2H3/p+1/t14?,16?,17-,18?/m0/s1. The maximum Gasteiger partial charge on any atom is 0.367 e. The van der Waals surface area contributed by atoms with Crippen LogP contribution in [0.5, 0.6) is 0 Å². The molecule has 1 saturated heterocycles. The van der Waals surface area contributed by atoms with Crippen molar-refractivity contribution in [2.24, 2.45) is 5.92 Å². The van der Waals surface area contributed by atoms with Gasteiger partial charge in [0.2, 0.25) is 6.04 Å². The molecule has 3 N–H and O–H groups in total. The molecule has 1 aromatic rings. The Bertz CT molecular complexity index is 510. The highest BCUT2D eigenvalue weighted by Gasteiger charge is 2.34. The Balaban J connectivity index is 2.11. The van der Waals surface area contributed by atoms with E-state index in [1.54, 1.807) is 7.11 Å². The summed E-state index contributed by atoms with van der Waals surface area (Å²) in [6, 6.07) is 9.72. The van der Waals surface area contributed by atoms with Gasteiger partial charge in [-0.15, -0.1) is 0 Å². The predicted molar refractivity (Wildman–Crippen MR) is 92.9 cm³/mol. The van der Waals surface area contributed by atoms with Crippen LogP contribution in [0, 0.1) is 5.92 Å². The lowest BCUT2D eigenvalue weighted by molar-refractivity contribution is -0.415. The lowest BCUT2D eigenvalue weighted by atomic mass is 9.91. The molecule has 0 spiro atoms. The molecule has 1 aromatic carbocycles. The first kappa shape index (κ1) is 19.8. The van der Waals surface area contributed by atoms with Crippen molar-refractivity contribution in [2.45, 2.75) is 38.0 Å². The largest absolute Gasteiger partial charge is 0.455 e. The summed E-state index contributed by atoms with van der Waals surface area (Å²) in [4.78, 5) is 12.1. The number of carbonyl (C=O) groups excluding carboxylic acids is 1. The highest BCUT2D eigenvalue weighted by Crippen LogP contribution is 2.22. The third-order valence-electron chi connectivity index (χ3n) is 4.36. The minimum absolute atomic E-state index is 0.0954. The van der Waals surface area contributed by atoms with Crippen LogP contribution in [0.15, 0.2) is 30.3 Å². The van der Waals surface area contributed by atoms with Gasteiger partial charge in [-0.3, -0.25) is 0 Å². The zero-order valence-electron chi connectivity index (χ0n) is 15.2. The summed E-state index contributed by atoms with van der Waals surface area (Å²) in [5, 5.41) is 0. The molecule has 1 aliphatic rings. The van der Waals surface area contributed by atoms with Crippen LogP contribution in [0.4, 0.5) is 0 Å². The molecule has 0 amide bonds. The van der Waals surface area contributed by atoms with Crippen LogP contribution in [-0.2, 0) is 30.2 Å². The number of rotatable bonds is 7. The fourth-order valence-corrected chi connectivity index (χ4v) is 3.04. The topological polar surface area (TPSA) is 81.6 Å². The van der Waals surface area contributed by atoms with Crippen LogP contribution < -0.4 is 5.73 Å². The van der Waals surface area contributed by atoms with Crippen LogP contribution in [0.1, 0.15) is 18.9 Å². The molecule has 140 valence electrons. The second-order valence-corrected chi connectivity index (χ2v) is 6.51. The molecule has 0 bridgehead atoms. The van der Waals surface area contributed by atoms with Gasteiger partial charge in [-0.1, -0.05) is 30.3 Å². The Morgan fingerprint density at radius 3 is 2.68 bits per heavy atom. The van der Waals surface area contributed by atoms with Crippen LogP contribution in [0.3, 0.4) is 0 Å². The lowest BCUT2D eigenvalue weighted by Crippen LogP contribution is -2.67. The molecule has 1 fully saturated rings. The van der Waals surface area contributed by atoms with E-state index in [4.69, 9.17) is 18.9 Å². The maximum absolute atomic E-state index is 12.1. The summed E-state index contributed by atoms with van der Waals surface area (Å²) < 4.78 is 22.5. The Hall–Kier alpha value is -1.47. The van der Waals surface area contributed by atoms with E-state index in [-0.39, 0.29) is 30.7 Å². The third kappa shape index (κ3) is 6.40. The second-order valence-electron chi connectivity index (χ2n) is 6.51. The highest BCUT2D eigenvalue weighted by molar-refractivity contribution is 5.74. The highest BCUT2D eigenvalue weighted by atomic mass is 16.6. The molecule has 0 aliphatic carbocycles. The lowest BCUT2D eigenvalue weighted by Gasteiger charge is -2.30. The second kappa shape index (κ2) is 10.5. The number of carbonyl (C=O) groups is 1. The summed E-state index contributed by atoms with van der Waals surface area (Å²) in [6.45, 7) is 3.86. The Labute approximate surface area is 149 Å². The first-order chi connectivity index (χ1) is 12.1. The molecule has 0 aromatic heterocycles. The van der Waals surface area contributed by atoms with Gasteiger partial charge >= 0.3 is 5.97 Å². The molecule has 4 atom stereocenters. The normalized spacial score (nSPS) is 27.9. The number of hydrogen-bond donors (Lipinski definition) is 1. The summed E-state index contributed by atoms with van der Waals surface area (Å²) in [5.41, 5.74) is 5.03. The maximum atomic E-state index is 12.1. The van der Waals surface area contributed by atoms with E-state index < -0.39 is 6.04 Å². The van der Waals surface area contributed by atoms with Gasteiger partial charge in [0, 0.05) is 26.2 Å². The SMILES string of the molecule is COCCCOC1C(Cc2ccccc2)COC[C@H]([NH3+])C(=O)OC1C. The van der Waals surface area contributed by atoms with E-state index in [1.165, 1.54) is 5.56 Å². The number of methoxy groups -OCH3 is 1. The number of esters is 1. The smallest absolute Gasteiger partial charge is 0.367 e. The van der Waals surface area contributed by atoms with Crippen molar-refractivity contribution < 1.29 is 29.5 Å². The van der Waals surface area contributed by atoms with Gasteiger partial charge in [0.25, 0.3) is 0 Å². The average Bonchev–Trinajstić information content (AvgIpc) is 2.65. The average molecular weight is 352 g/mol. The molecule has 1 heterocycles. The fraction of sp³-hybridized carbons (Fsp3) is 0.632. The predicted octanol–water partition coefficient (Wildman–Crippen LogP) is 0.839. The van der Waals surface area contributed by atoms with Gasteiger partial charge in [-0.2, -0.15) is 0 Å². The summed E-state index contributed by atoms with van der Waals surface area (Å²) in [6.07, 6.45) is 1.02. The van der Waals surface area contributed by atoms with E-state index >= 15 is 0 Å². The van der Waals surface area contributed by atoms with Gasteiger partial charge in [-0.05, 0) is 25.3 Å². The van der Waals surface area contributed by atoms with E-state index in [9.17, 15) is 4.79 Å². The molecule has 3 unspecified atom stereocenters. The Morgan fingerprint density at radius 2 is 1.96 bits per heavy atom. The summed E-state index contributed by atoms with van der Waals surface area (Å²) >= 11 is 0. The van der Waals surface area contributed by atoms with E-state index in [0.717, 1.165) is 12.8 Å². The molecule has 1 aliphatic heterocycles. The van der Waals surface area contributed by atoms with Gasteiger partial charge in [0.15, 0.2) is 0 Å². The third-order valence-corrected chi connectivity index (χ3v) is 4.36. The van der Waals surface area contributed by atoms with Crippen molar-refractivity contribution in [2.75, 3.05) is 33.5 Å². The molecular formula is C19H30NO5+. The first-order valence-electron chi connectivity index (χ1n) is 8.87. The number of cyclic esters (lactones) is 1. The zero-order valence-corrected chi connectivity index (χ0v) is 15.2. The van der Waals surface area contributed by atoms with Gasteiger partial charge in [-0.25, -0.2) is 4.79 Å². The molecule has 6 heteroatoms. The molecule has 6 nitrogen and oxygen atoms in total. The van der Waals surface area contributed by atoms with Crippen molar-refractivity contribution in [3.05, 3.63) is 35.9 Å². The van der Waals surface area contributed by atoms with Gasteiger partial charge < -0.3 is 24.7 Å². The summed E-state index contributed by atoms with van der Waals surface area (Å²) in [5.74, 6) is -0.239. The van der Waals surface area contributed by atoms with Crippen LogP contribution in [0.2, 0.25) is 0 Å². The minimum atomic E-state index is -0.507. The Kier molecular flexibility index (Phi) is 8.34. The molecule has 0 radical (unpaired) electrons. The molecule has 0 saturated carbocycles. The van der Waals surface area contributed by atoms with Crippen molar-refractivity contribution >= 4 is 5.97 Å². The summed E-state index contributed by atoms with van der Waals surface area (Å²) in [7, 11) is 1.67. The van der Waals surface area contributed by atoms with Crippen LogP contribution in [-0.4, -0.2) is 57.8 Å². The van der Waals surface area contributed by atoms with Crippen molar-refractivity contribution in [1.82, 2.24) is 0 Å². The number of ether oxygens (including phenoxy) is 4. The Morgan fingerprint density at radius 1 is 1.20 bits per heavy atom. The van der Waals surface area contributed by atoms with Gasteiger partial charge in [0.1, 0.15) is 12.7 Å². The van der Waals surface area contributed by atoms with Crippen LogP contribution >= 0.6 is 0 Å². The molecule has 2 rings (SSSR count). The number of quaternary nitrogens is 1. The van der Waals surface area contributed by atoms with Crippen LogP contribution in [0.25, 0.3) is 0 Å². The monoisotopic (exact) mass is 352 g/mol. The number of benzene rings is 1. The van der Waals surface area contributed by atoms with E-state index in [0.29, 0.717) is 19.8 Å². The van der Waals surface area contributed by atoms with E-state index in [1.807, 2.05) is 25.1 Å². The number of hydrogen-bond acceptors (Lipinski definition) is 5. The molecule has 25 heavy (non-hydrogen) atoms. The van der Waals surface area contributed by atoms with Gasteiger partial charge in [0.05, 0.1) is 12.7 Å². The fourth-order valence-electron chi connectivity index (χ4n) is 3.04. The van der Waals surface area contributed by atoms with Crippen molar-refractivity contribution in [1.29, 1.82) is 0 Å².